The number of hydrogen-bond donors (Lipinski definition) is 1. The van der Waals surface area contributed by atoms with Crippen LogP contribution >= 0.6 is 12.2 Å². The molecule has 2 aromatic carbocycles. The predicted octanol–water partition coefficient (Wildman–Crippen LogP) is 3.52. The maximum atomic E-state index is 11.9. The van der Waals surface area contributed by atoms with Crippen molar-refractivity contribution in [3.05, 3.63) is 63.3 Å². The SMILES string of the molecule is CCCCOc1ccc2ccccc2c1/C=N/n1c(=O)cn[nH]c1=S. The Morgan fingerprint density at radius 1 is 1.32 bits per heavy atom. The van der Waals surface area contributed by atoms with Gasteiger partial charge in [0.05, 0.1) is 12.8 Å². The zero-order chi connectivity index (χ0) is 17.6. The molecule has 1 aromatic heterocycles. The molecule has 6 nitrogen and oxygen atoms in total. The van der Waals surface area contributed by atoms with Crippen LogP contribution in [0.15, 0.2) is 52.5 Å². The molecule has 0 atom stereocenters. The Bertz CT molecular complexity index is 995. The number of rotatable bonds is 6. The van der Waals surface area contributed by atoms with Gasteiger partial charge in [0, 0.05) is 5.56 Å². The third kappa shape index (κ3) is 3.83. The molecule has 0 unspecified atom stereocenters. The van der Waals surface area contributed by atoms with Crippen molar-refractivity contribution in [2.45, 2.75) is 19.8 Å². The Hall–Kier alpha value is -2.80. The molecule has 0 saturated heterocycles. The van der Waals surface area contributed by atoms with Gasteiger partial charge in [-0.2, -0.15) is 14.9 Å². The maximum absolute atomic E-state index is 11.9. The second-order valence-corrected chi connectivity index (χ2v) is 5.86. The molecule has 0 spiro atoms. The smallest absolute Gasteiger partial charge is 0.293 e. The Morgan fingerprint density at radius 2 is 2.16 bits per heavy atom. The summed E-state index contributed by atoms with van der Waals surface area (Å²) in [6, 6.07) is 11.9. The highest BCUT2D eigenvalue weighted by Crippen LogP contribution is 2.27. The summed E-state index contributed by atoms with van der Waals surface area (Å²) in [5, 5.41) is 12.5. The molecule has 0 fully saturated rings. The third-order valence-corrected chi connectivity index (χ3v) is 3.99. The summed E-state index contributed by atoms with van der Waals surface area (Å²) in [6.45, 7) is 2.74. The van der Waals surface area contributed by atoms with Crippen molar-refractivity contribution in [3.63, 3.8) is 0 Å². The van der Waals surface area contributed by atoms with Crippen molar-refractivity contribution >= 4 is 29.2 Å². The van der Waals surface area contributed by atoms with Crippen molar-refractivity contribution in [2.75, 3.05) is 6.61 Å². The van der Waals surface area contributed by atoms with Gasteiger partial charge in [0.25, 0.3) is 5.56 Å². The van der Waals surface area contributed by atoms with Gasteiger partial charge in [-0.05, 0) is 35.5 Å². The van der Waals surface area contributed by atoms with Crippen molar-refractivity contribution in [2.24, 2.45) is 5.10 Å². The topological polar surface area (TPSA) is 72.3 Å². The molecule has 0 amide bonds. The van der Waals surface area contributed by atoms with Gasteiger partial charge in [-0.15, -0.1) is 0 Å². The van der Waals surface area contributed by atoms with Crippen LogP contribution in [0.1, 0.15) is 25.3 Å². The zero-order valence-corrected chi connectivity index (χ0v) is 14.6. The second-order valence-electron chi connectivity index (χ2n) is 5.47. The third-order valence-electron chi connectivity index (χ3n) is 3.72. The average Bonchev–Trinajstić information content (AvgIpc) is 2.62. The minimum atomic E-state index is -0.395. The van der Waals surface area contributed by atoms with Gasteiger partial charge in [-0.3, -0.25) is 9.89 Å². The molecule has 1 heterocycles. The van der Waals surface area contributed by atoms with Crippen LogP contribution in [-0.4, -0.2) is 27.7 Å². The highest BCUT2D eigenvalue weighted by atomic mass is 32.1. The highest BCUT2D eigenvalue weighted by Gasteiger charge is 2.07. The van der Waals surface area contributed by atoms with Gasteiger partial charge in [-0.1, -0.05) is 43.7 Å². The lowest BCUT2D eigenvalue weighted by atomic mass is 10.0. The standard InChI is InChI=1S/C18H18N4O2S/c1-2-3-10-24-16-9-8-13-6-4-5-7-14(13)15(16)11-20-22-17(23)12-19-21-18(22)25/h4-9,11-12H,2-3,10H2,1H3,(H,21,25)/b20-11+. The summed E-state index contributed by atoms with van der Waals surface area (Å²) >= 11 is 5.07. The first-order valence-corrected chi connectivity index (χ1v) is 8.47. The Labute approximate surface area is 149 Å². The molecular weight excluding hydrogens is 336 g/mol. The lowest BCUT2D eigenvalue weighted by molar-refractivity contribution is 0.309. The summed E-state index contributed by atoms with van der Waals surface area (Å²) in [7, 11) is 0. The summed E-state index contributed by atoms with van der Waals surface area (Å²) in [5.74, 6) is 0.730. The van der Waals surface area contributed by atoms with Crippen molar-refractivity contribution < 1.29 is 4.74 Å². The molecule has 0 bridgehead atoms. The van der Waals surface area contributed by atoms with Crippen LogP contribution in [0.2, 0.25) is 0 Å². The number of unbranched alkanes of at least 4 members (excludes halogenated alkanes) is 1. The van der Waals surface area contributed by atoms with E-state index in [-0.39, 0.29) is 4.77 Å². The minimum Gasteiger partial charge on any atom is -0.493 e. The molecule has 0 aliphatic rings. The number of hydrogen-bond acceptors (Lipinski definition) is 5. The van der Waals surface area contributed by atoms with Gasteiger partial charge in [-0.25, -0.2) is 0 Å². The fourth-order valence-electron chi connectivity index (χ4n) is 2.43. The van der Waals surface area contributed by atoms with E-state index in [2.05, 4.69) is 22.2 Å². The molecule has 0 saturated carbocycles. The van der Waals surface area contributed by atoms with Crippen LogP contribution in [0, 0.1) is 4.77 Å². The van der Waals surface area contributed by atoms with E-state index in [0.717, 1.165) is 45.8 Å². The number of ether oxygens (including phenoxy) is 1. The maximum Gasteiger partial charge on any atom is 0.293 e. The molecule has 1 N–H and O–H groups in total. The van der Waals surface area contributed by atoms with Crippen LogP contribution in [0.3, 0.4) is 0 Å². The zero-order valence-electron chi connectivity index (χ0n) is 13.8. The summed E-state index contributed by atoms with van der Waals surface area (Å²) in [4.78, 5) is 11.9. The number of nitrogens with one attached hydrogen (secondary N) is 1. The normalized spacial score (nSPS) is 11.2. The van der Waals surface area contributed by atoms with Gasteiger partial charge < -0.3 is 4.74 Å². The minimum absolute atomic E-state index is 0.137. The average molecular weight is 354 g/mol. The van der Waals surface area contributed by atoms with Crippen LogP contribution in [0.4, 0.5) is 0 Å². The van der Waals surface area contributed by atoms with Gasteiger partial charge in [0.15, 0.2) is 0 Å². The lowest BCUT2D eigenvalue weighted by Gasteiger charge is -2.11. The Kier molecular flexibility index (Phi) is 5.35. The first-order valence-electron chi connectivity index (χ1n) is 8.06. The van der Waals surface area contributed by atoms with Gasteiger partial charge >= 0.3 is 0 Å². The molecule has 25 heavy (non-hydrogen) atoms. The molecule has 3 aromatic rings. The summed E-state index contributed by atoms with van der Waals surface area (Å²) in [6.07, 6.45) is 4.76. The van der Waals surface area contributed by atoms with E-state index in [1.807, 2.05) is 36.4 Å². The van der Waals surface area contributed by atoms with Crippen LogP contribution in [0.5, 0.6) is 5.75 Å². The van der Waals surface area contributed by atoms with Crippen LogP contribution < -0.4 is 10.3 Å². The molecular formula is C18H18N4O2S. The number of H-pyrrole nitrogens is 1. The molecule has 0 radical (unpaired) electrons. The number of fused-ring (bicyclic) bond motifs is 1. The predicted molar refractivity (Wildman–Crippen MR) is 101 cm³/mol. The number of benzene rings is 2. The van der Waals surface area contributed by atoms with E-state index in [4.69, 9.17) is 17.0 Å². The lowest BCUT2D eigenvalue weighted by Crippen LogP contribution is -2.18. The van der Waals surface area contributed by atoms with Crippen LogP contribution in [0.25, 0.3) is 10.8 Å². The largest absolute Gasteiger partial charge is 0.493 e. The number of aromatic amines is 1. The summed E-state index contributed by atoms with van der Waals surface area (Å²) in [5.41, 5.74) is 0.418. The van der Waals surface area contributed by atoms with Crippen LogP contribution in [-0.2, 0) is 0 Å². The van der Waals surface area contributed by atoms with Gasteiger partial charge in [0.1, 0.15) is 11.9 Å². The highest BCUT2D eigenvalue weighted by molar-refractivity contribution is 7.71. The molecule has 3 rings (SSSR count). The molecule has 128 valence electrons. The first-order chi connectivity index (χ1) is 12.2. The van der Waals surface area contributed by atoms with E-state index in [9.17, 15) is 4.79 Å². The fourth-order valence-corrected chi connectivity index (χ4v) is 2.62. The van der Waals surface area contributed by atoms with E-state index in [1.54, 1.807) is 6.21 Å². The van der Waals surface area contributed by atoms with E-state index >= 15 is 0 Å². The Morgan fingerprint density at radius 3 is 2.96 bits per heavy atom. The van der Waals surface area contributed by atoms with E-state index in [0.29, 0.717) is 6.61 Å². The van der Waals surface area contributed by atoms with E-state index in [1.165, 1.54) is 0 Å². The fraction of sp³-hybridized carbons (Fsp3) is 0.222. The monoisotopic (exact) mass is 354 g/mol. The van der Waals surface area contributed by atoms with E-state index < -0.39 is 5.56 Å². The van der Waals surface area contributed by atoms with Crippen molar-refractivity contribution in [1.82, 2.24) is 14.9 Å². The van der Waals surface area contributed by atoms with Crippen molar-refractivity contribution in [3.8, 4) is 5.75 Å². The molecule has 7 heteroatoms. The summed E-state index contributed by atoms with van der Waals surface area (Å²) < 4.78 is 7.14. The Balaban J connectivity index is 2.09. The first kappa shape index (κ1) is 17.0. The number of nitrogens with zero attached hydrogens (tertiary/aromatic N) is 3. The quantitative estimate of drug-likeness (QED) is 0.418. The molecule has 0 aliphatic heterocycles. The number of aromatic nitrogens is 3. The molecule has 0 aliphatic carbocycles. The van der Waals surface area contributed by atoms with Gasteiger partial charge in [0.2, 0.25) is 4.77 Å². The van der Waals surface area contributed by atoms with Crippen molar-refractivity contribution in [1.29, 1.82) is 0 Å². The second kappa shape index (κ2) is 7.85.